The lowest BCUT2D eigenvalue weighted by Crippen LogP contribution is -2.19. The fourth-order valence-electron chi connectivity index (χ4n) is 1.31. The Kier molecular flexibility index (Phi) is 6.43. The first-order valence-electron chi connectivity index (χ1n) is 6.49. The van der Waals surface area contributed by atoms with Gasteiger partial charge in [0.25, 0.3) is 0 Å². The van der Waals surface area contributed by atoms with Crippen LogP contribution >= 0.6 is 0 Å². The Morgan fingerprint density at radius 1 is 1.05 bits per heavy atom. The van der Waals surface area contributed by atoms with E-state index < -0.39 is 9.84 Å². The summed E-state index contributed by atoms with van der Waals surface area (Å²) in [6.07, 6.45) is 0.936. The number of aromatic nitrogens is 3. The largest absolute Gasteiger partial charge is 0.467 e. The summed E-state index contributed by atoms with van der Waals surface area (Å²) in [5, 5.41) is 5.89. The number of hydrogen-bond donors (Lipinski definition) is 2. The van der Waals surface area contributed by atoms with Crippen molar-refractivity contribution in [1.82, 2.24) is 15.0 Å². The van der Waals surface area contributed by atoms with E-state index >= 15 is 0 Å². The van der Waals surface area contributed by atoms with Crippen LogP contribution in [0.5, 0.6) is 6.01 Å². The Balaban J connectivity index is 2.68. The van der Waals surface area contributed by atoms with Gasteiger partial charge in [0.05, 0.1) is 12.9 Å². The molecular weight excluding hydrogens is 282 g/mol. The average Bonchev–Trinajstić information content (AvgIpc) is 2.44. The van der Waals surface area contributed by atoms with Gasteiger partial charge in [-0.2, -0.15) is 15.0 Å². The molecule has 1 rings (SSSR count). The smallest absolute Gasteiger partial charge is 0.322 e. The number of ether oxygens (including phenoxy) is 1. The maximum atomic E-state index is 11.4. The van der Waals surface area contributed by atoms with Crippen molar-refractivity contribution in [1.29, 1.82) is 0 Å². The third-order valence-corrected chi connectivity index (χ3v) is 4.17. The second-order valence-electron chi connectivity index (χ2n) is 4.06. The topological polar surface area (TPSA) is 106 Å². The van der Waals surface area contributed by atoms with Gasteiger partial charge in [-0.25, -0.2) is 8.42 Å². The van der Waals surface area contributed by atoms with Gasteiger partial charge >= 0.3 is 6.01 Å². The Labute approximate surface area is 119 Å². The van der Waals surface area contributed by atoms with Crippen LogP contribution in [-0.4, -0.2) is 55.1 Å². The summed E-state index contributed by atoms with van der Waals surface area (Å²) < 4.78 is 27.8. The monoisotopic (exact) mass is 303 g/mol. The molecule has 0 atom stereocenters. The maximum Gasteiger partial charge on any atom is 0.322 e. The molecule has 9 heteroatoms. The quantitative estimate of drug-likeness (QED) is 0.681. The Morgan fingerprint density at radius 3 is 2.15 bits per heavy atom. The Bertz CT molecular complexity index is 521. The van der Waals surface area contributed by atoms with Crippen molar-refractivity contribution in [3.05, 3.63) is 0 Å². The first kappa shape index (κ1) is 16.4. The van der Waals surface area contributed by atoms with Crippen molar-refractivity contribution in [3.63, 3.8) is 0 Å². The van der Waals surface area contributed by atoms with E-state index in [1.165, 1.54) is 7.11 Å². The van der Waals surface area contributed by atoms with Crippen molar-refractivity contribution in [2.24, 2.45) is 0 Å². The second kappa shape index (κ2) is 7.83. The Morgan fingerprint density at radius 2 is 1.65 bits per heavy atom. The first-order valence-corrected chi connectivity index (χ1v) is 8.31. The van der Waals surface area contributed by atoms with Gasteiger partial charge in [-0.15, -0.1) is 0 Å². The molecule has 1 aromatic rings. The number of hydrogen-bond acceptors (Lipinski definition) is 8. The molecule has 0 aliphatic carbocycles. The highest BCUT2D eigenvalue weighted by Gasteiger charge is 2.09. The van der Waals surface area contributed by atoms with Crippen LogP contribution in [0.2, 0.25) is 0 Å². The second-order valence-corrected chi connectivity index (χ2v) is 6.53. The summed E-state index contributed by atoms with van der Waals surface area (Å²) in [4.78, 5) is 12.2. The summed E-state index contributed by atoms with van der Waals surface area (Å²) in [6, 6.07) is 0.180. The van der Waals surface area contributed by atoms with Gasteiger partial charge in [-0.1, -0.05) is 13.8 Å². The van der Waals surface area contributed by atoms with Crippen LogP contribution in [0, 0.1) is 0 Å². The van der Waals surface area contributed by atoms with E-state index in [-0.39, 0.29) is 24.1 Å². The molecule has 0 aromatic carbocycles. The minimum atomic E-state index is -3.01. The molecule has 0 saturated heterocycles. The van der Waals surface area contributed by atoms with Gasteiger partial charge in [0.2, 0.25) is 11.9 Å². The van der Waals surface area contributed by atoms with Gasteiger partial charge < -0.3 is 15.4 Å². The summed E-state index contributed by atoms with van der Waals surface area (Å²) in [5.74, 6) is 0.856. The zero-order chi connectivity index (χ0) is 15.0. The lowest BCUT2D eigenvalue weighted by molar-refractivity contribution is 0.379. The van der Waals surface area contributed by atoms with Crippen LogP contribution in [0.25, 0.3) is 0 Å². The molecule has 0 bridgehead atoms. The van der Waals surface area contributed by atoms with E-state index in [0.717, 1.165) is 13.0 Å². The van der Waals surface area contributed by atoms with E-state index in [4.69, 9.17) is 4.74 Å². The first-order chi connectivity index (χ1) is 9.50. The van der Waals surface area contributed by atoms with Crippen LogP contribution in [0.15, 0.2) is 0 Å². The summed E-state index contributed by atoms with van der Waals surface area (Å²) in [6.45, 7) is 4.63. The van der Waals surface area contributed by atoms with E-state index in [2.05, 4.69) is 25.6 Å². The number of sulfone groups is 1. The van der Waals surface area contributed by atoms with Crippen LogP contribution in [0.1, 0.15) is 20.3 Å². The SMILES string of the molecule is CCCNc1nc(NCCS(=O)(=O)CC)nc(OC)n1. The molecule has 0 unspecified atom stereocenters. The minimum absolute atomic E-state index is 0.0369. The lowest BCUT2D eigenvalue weighted by Gasteiger charge is -2.09. The van der Waals surface area contributed by atoms with Crippen LogP contribution < -0.4 is 15.4 Å². The predicted octanol–water partition coefficient (Wildman–Crippen LogP) is 0.549. The number of nitrogens with zero attached hydrogens (tertiary/aromatic N) is 3. The van der Waals surface area contributed by atoms with E-state index in [9.17, 15) is 8.42 Å². The lowest BCUT2D eigenvalue weighted by atomic mass is 10.5. The molecule has 0 aliphatic rings. The third-order valence-electron chi connectivity index (χ3n) is 2.47. The molecule has 0 saturated carbocycles. The molecule has 2 N–H and O–H groups in total. The van der Waals surface area contributed by atoms with Crippen molar-refractivity contribution in [3.8, 4) is 6.01 Å². The highest BCUT2D eigenvalue weighted by Crippen LogP contribution is 2.10. The molecule has 0 amide bonds. The number of nitrogens with one attached hydrogen (secondary N) is 2. The molecule has 1 heterocycles. The predicted molar refractivity (Wildman–Crippen MR) is 78.0 cm³/mol. The summed E-state index contributed by atoms with van der Waals surface area (Å²) >= 11 is 0. The van der Waals surface area contributed by atoms with Gasteiger partial charge in [0, 0.05) is 18.8 Å². The van der Waals surface area contributed by atoms with Crippen LogP contribution in [-0.2, 0) is 9.84 Å². The molecular formula is C11H21N5O3S. The highest BCUT2D eigenvalue weighted by molar-refractivity contribution is 7.91. The number of rotatable bonds is 9. The van der Waals surface area contributed by atoms with Crippen molar-refractivity contribution < 1.29 is 13.2 Å². The van der Waals surface area contributed by atoms with Crippen molar-refractivity contribution in [2.45, 2.75) is 20.3 Å². The molecule has 0 aliphatic heterocycles. The standard InChI is InChI=1S/C11H21N5O3S/c1-4-6-12-9-14-10(16-11(15-9)19-3)13-7-8-20(17,18)5-2/h4-8H2,1-3H3,(H2,12,13,14,15,16). The van der Waals surface area contributed by atoms with Gasteiger partial charge in [-0.05, 0) is 6.42 Å². The maximum absolute atomic E-state index is 11.4. The third kappa shape index (κ3) is 5.55. The van der Waals surface area contributed by atoms with Crippen molar-refractivity contribution in [2.75, 3.05) is 42.3 Å². The zero-order valence-corrected chi connectivity index (χ0v) is 12.8. The summed E-state index contributed by atoms with van der Waals surface area (Å²) in [7, 11) is -1.55. The fraction of sp³-hybridized carbons (Fsp3) is 0.727. The molecule has 1 aromatic heterocycles. The van der Waals surface area contributed by atoms with Crippen molar-refractivity contribution >= 4 is 21.7 Å². The fourth-order valence-corrected chi connectivity index (χ4v) is 2.01. The van der Waals surface area contributed by atoms with Gasteiger partial charge in [0.1, 0.15) is 0 Å². The van der Waals surface area contributed by atoms with Crippen LogP contribution in [0.3, 0.4) is 0 Å². The van der Waals surface area contributed by atoms with E-state index in [1.54, 1.807) is 6.92 Å². The van der Waals surface area contributed by atoms with Crippen LogP contribution in [0.4, 0.5) is 11.9 Å². The Hall–Kier alpha value is -1.64. The molecule has 8 nitrogen and oxygen atoms in total. The summed E-state index contributed by atoms with van der Waals surface area (Å²) in [5.41, 5.74) is 0. The minimum Gasteiger partial charge on any atom is -0.467 e. The van der Waals surface area contributed by atoms with Gasteiger partial charge in [0.15, 0.2) is 9.84 Å². The number of anilines is 2. The number of methoxy groups -OCH3 is 1. The van der Waals surface area contributed by atoms with Gasteiger partial charge in [-0.3, -0.25) is 0 Å². The molecule has 20 heavy (non-hydrogen) atoms. The molecule has 114 valence electrons. The molecule has 0 spiro atoms. The normalized spacial score (nSPS) is 11.2. The zero-order valence-electron chi connectivity index (χ0n) is 12.0. The highest BCUT2D eigenvalue weighted by atomic mass is 32.2. The average molecular weight is 303 g/mol. The molecule has 0 radical (unpaired) electrons. The molecule has 0 fully saturated rings. The van der Waals surface area contributed by atoms with E-state index in [0.29, 0.717) is 11.9 Å². The van der Waals surface area contributed by atoms with E-state index in [1.807, 2.05) is 6.92 Å².